The van der Waals surface area contributed by atoms with Crippen molar-refractivity contribution in [3.63, 3.8) is 0 Å². The van der Waals surface area contributed by atoms with Gasteiger partial charge in [0, 0.05) is 19.8 Å². The molecule has 2 aromatic rings. The number of sulfonamides is 1. The van der Waals surface area contributed by atoms with Gasteiger partial charge in [-0.1, -0.05) is 25.1 Å². The Morgan fingerprint density at radius 1 is 1.25 bits per heavy atom. The van der Waals surface area contributed by atoms with Gasteiger partial charge in [-0.15, -0.1) is 0 Å². The fourth-order valence-corrected chi connectivity index (χ4v) is 3.44. The summed E-state index contributed by atoms with van der Waals surface area (Å²) < 4.78 is 31.8. The number of rotatable bonds is 8. The Balaban J connectivity index is 1.93. The summed E-state index contributed by atoms with van der Waals surface area (Å²) in [5, 5.41) is 0. The Labute approximate surface area is 143 Å². The first-order valence-electron chi connectivity index (χ1n) is 7.77. The first-order valence-corrected chi connectivity index (χ1v) is 9.21. The molecule has 0 saturated heterocycles. The number of aryl methyl sites for hydroxylation is 1. The van der Waals surface area contributed by atoms with E-state index in [1.54, 1.807) is 42.7 Å². The third-order valence-corrected chi connectivity index (χ3v) is 5.42. The van der Waals surface area contributed by atoms with Gasteiger partial charge in [-0.25, -0.2) is 8.42 Å². The molecule has 1 aromatic carbocycles. The second-order valence-corrected chi connectivity index (χ2v) is 7.60. The van der Waals surface area contributed by atoms with Crippen molar-refractivity contribution in [1.82, 2.24) is 9.29 Å². The highest BCUT2D eigenvalue weighted by Crippen LogP contribution is 2.14. The normalized spacial score (nSPS) is 13.0. The summed E-state index contributed by atoms with van der Waals surface area (Å²) in [5.74, 6) is 0.637. The third-order valence-electron chi connectivity index (χ3n) is 3.59. The highest BCUT2D eigenvalue weighted by molar-refractivity contribution is 7.89. The lowest BCUT2D eigenvalue weighted by Crippen LogP contribution is -2.42. The molecule has 2 N–H and O–H groups in total. The molecule has 0 aliphatic rings. The van der Waals surface area contributed by atoms with Crippen molar-refractivity contribution in [3.05, 3.63) is 54.4 Å². The molecule has 0 bridgehead atoms. The molecular weight excluding hydrogens is 326 g/mol. The SMILES string of the molecule is CCc1cncc(OC[C@@H](N)CN(C)S(=O)(=O)c2ccccc2)c1. The summed E-state index contributed by atoms with van der Waals surface area (Å²) in [4.78, 5) is 4.35. The van der Waals surface area contributed by atoms with Crippen LogP contribution in [-0.4, -0.2) is 43.9 Å². The molecule has 2 rings (SSSR count). The average Bonchev–Trinajstić information content (AvgIpc) is 2.60. The Morgan fingerprint density at radius 2 is 1.96 bits per heavy atom. The fraction of sp³-hybridized carbons (Fsp3) is 0.353. The topological polar surface area (TPSA) is 85.5 Å². The van der Waals surface area contributed by atoms with Crippen molar-refractivity contribution in [2.75, 3.05) is 20.2 Å². The highest BCUT2D eigenvalue weighted by atomic mass is 32.2. The summed E-state index contributed by atoms with van der Waals surface area (Å²) >= 11 is 0. The zero-order valence-electron chi connectivity index (χ0n) is 13.9. The van der Waals surface area contributed by atoms with Gasteiger partial charge in [0.15, 0.2) is 0 Å². The fourth-order valence-electron chi connectivity index (χ4n) is 2.19. The molecule has 0 aliphatic carbocycles. The summed E-state index contributed by atoms with van der Waals surface area (Å²) in [6.07, 6.45) is 4.28. The van der Waals surface area contributed by atoms with Crippen molar-refractivity contribution in [2.24, 2.45) is 5.73 Å². The zero-order valence-corrected chi connectivity index (χ0v) is 14.7. The Morgan fingerprint density at radius 3 is 2.62 bits per heavy atom. The first-order chi connectivity index (χ1) is 11.4. The minimum Gasteiger partial charge on any atom is -0.490 e. The number of likely N-dealkylation sites (N-methyl/N-ethyl adjacent to an activating group) is 1. The molecule has 130 valence electrons. The second-order valence-electron chi connectivity index (χ2n) is 5.55. The molecule has 0 fully saturated rings. The Hall–Kier alpha value is -1.96. The maximum absolute atomic E-state index is 12.4. The van der Waals surface area contributed by atoms with E-state index in [-0.39, 0.29) is 18.0 Å². The van der Waals surface area contributed by atoms with Gasteiger partial charge in [0.05, 0.1) is 17.1 Å². The van der Waals surface area contributed by atoms with Crippen LogP contribution >= 0.6 is 0 Å². The largest absolute Gasteiger partial charge is 0.490 e. The number of ether oxygens (including phenoxy) is 1. The molecule has 7 heteroatoms. The van der Waals surface area contributed by atoms with Crippen LogP contribution < -0.4 is 10.5 Å². The maximum Gasteiger partial charge on any atom is 0.242 e. The van der Waals surface area contributed by atoms with Crippen molar-refractivity contribution in [3.8, 4) is 5.75 Å². The van der Waals surface area contributed by atoms with Crippen LogP contribution in [0.5, 0.6) is 5.75 Å². The molecule has 6 nitrogen and oxygen atoms in total. The molecule has 0 aliphatic heterocycles. The van der Waals surface area contributed by atoms with Gasteiger partial charge >= 0.3 is 0 Å². The van der Waals surface area contributed by atoms with Crippen molar-refractivity contribution in [1.29, 1.82) is 0 Å². The number of aromatic nitrogens is 1. The van der Waals surface area contributed by atoms with E-state index in [4.69, 9.17) is 10.5 Å². The minimum atomic E-state index is -3.54. The van der Waals surface area contributed by atoms with Crippen LogP contribution in [0.1, 0.15) is 12.5 Å². The van der Waals surface area contributed by atoms with Gasteiger partial charge < -0.3 is 10.5 Å². The zero-order chi connectivity index (χ0) is 17.6. The minimum absolute atomic E-state index is 0.165. The van der Waals surface area contributed by atoms with E-state index < -0.39 is 16.1 Å². The maximum atomic E-state index is 12.4. The van der Waals surface area contributed by atoms with E-state index in [1.165, 1.54) is 11.4 Å². The summed E-state index contributed by atoms with van der Waals surface area (Å²) in [6, 6.07) is 9.75. The molecule has 1 aromatic heterocycles. The molecule has 0 unspecified atom stereocenters. The van der Waals surface area contributed by atoms with E-state index in [9.17, 15) is 8.42 Å². The lowest BCUT2D eigenvalue weighted by molar-refractivity contribution is 0.269. The van der Waals surface area contributed by atoms with Crippen LogP contribution in [0.15, 0.2) is 53.7 Å². The molecule has 0 radical (unpaired) electrons. The number of nitrogens with zero attached hydrogens (tertiary/aromatic N) is 2. The molecule has 1 atom stereocenters. The lowest BCUT2D eigenvalue weighted by Gasteiger charge is -2.21. The van der Waals surface area contributed by atoms with Gasteiger partial charge in [-0.05, 0) is 30.2 Å². The van der Waals surface area contributed by atoms with Gasteiger partial charge in [0.25, 0.3) is 0 Å². The van der Waals surface area contributed by atoms with E-state index in [0.717, 1.165) is 12.0 Å². The first kappa shape index (κ1) is 18.4. The molecule has 0 saturated carbocycles. The Bertz CT molecular complexity index is 751. The monoisotopic (exact) mass is 349 g/mol. The molecule has 1 heterocycles. The smallest absolute Gasteiger partial charge is 0.242 e. The van der Waals surface area contributed by atoms with Crippen LogP contribution in [-0.2, 0) is 16.4 Å². The standard InChI is InChI=1S/C17H23N3O3S/c1-3-14-9-16(11-19-10-14)23-13-15(18)12-20(2)24(21,22)17-7-5-4-6-8-17/h4-11,15H,3,12-13,18H2,1-2H3/t15-/m0/s1. The van der Waals surface area contributed by atoms with Crippen LogP contribution in [0, 0.1) is 0 Å². The van der Waals surface area contributed by atoms with Gasteiger partial charge in [0.2, 0.25) is 10.0 Å². The number of pyridine rings is 1. The number of hydrogen-bond acceptors (Lipinski definition) is 5. The van der Waals surface area contributed by atoms with E-state index >= 15 is 0 Å². The van der Waals surface area contributed by atoms with E-state index in [2.05, 4.69) is 4.98 Å². The Kier molecular flexibility index (Phi) is 6.30. The number of hydrogen-bond donors (Lipinski definition) is 1. The number of benzene rings is 1. The van der Waals surface area contributed by atoms with Gasteiger partial charge in [-0.2, -0.15) is 4.31 Å². The quantitative estimate of drug-likeness (QED) is 0.783. The molecule has 0 spiro atoms. The van der Waals surface area contributed by atoms with Crippen LogP contribution in [0.4, 0.5) is 0 Å². The summed E-state index contributed by atoms with van der Waals surface area (Å²) in [5.41, 5.74) is 7.09. The van der Waals surface area contributed by atoms with Crippen molar-refractivity contribution < 1.29 is 13.2 Å². The molecular formula is C17H23N3O3S. The lowest BCUT2D eigenvalue weighted by atomic mass is 10.2. The van der Waals surface area contributed by atoms with Crippen molar-refractivity contribution in [2.45, 2.75) is 24.3 Å². The van der Waals surface area contributed by atoms with Crippen LogP contribution in [0.25, 0.3) is 0 Å². The number of nitrogens with two attached hydrogens (primary N) is 1. The molecule has 24 heavy (non-hydrogen) atoms. The van der Waals surface area contributed by atoms with Gasteiger partial charge in [0.1, 0.15) is 12.4 Å². The van der Waals surface area contributed by atoms with Crippen molar-refractivity contribution >= 4 is 10.0 Å². The van der Waals surface area contributed by atoms with E-state index in [1.807, 2.05) is 13.0 Å². The predicted molar refractivity (Wildman–Crippen MR) is 93.3 cm³/mol. The average molecular weight is 349 g/mol. The second kappa shape index (κ2) is 8.23. The van der Waals surface area contributed by atoms with Crippen LogP contribution in [0.2, 0.25) is 0 Å². The highest BCUT2D eigenvalue weighted by Gasteiger charge is 2.22. The summed E-state index contributed by atoms with van der Waals surface area (Å²) in [6.45, 7) is 2.41. The molecule has 0 amide bonds. The van der Waals surface area contributed by atoms with Crippen LogP contribution in [0.3, 0.4) is 0 Å². The van der Waals surface area contributed by atoms with E-state index in [0.29, 0.717) is 5.75 Å². The summed E-state index contributed by atoms with van der Waals surface area (Å²) in [7, 11) is -2.03. The van der Waals surface area contributed by atoms with Gasteiger partial charge in [-0.3, -0.25) is 4.98 Å². The third kappa shape index (κ3) is 4.77. The predicted octanol–water partition coefficient (Wildman–Crippen LogP) is 1.67.